The first-order valence-corrected chi connectivity index (χ1v) is 5.86. The number of rotatable bonds is 2. The highest BCUT2D eigenvalue weighted by atomic mass is 35.5. The molecule has 0 radical (unpaired) electrons. The van der Waals surface area contributed by atoms with Crippen molar-refractivity contribution in [1.29, 1.82) is 5.26 Å². The van der Waals surface area contributed by atoms with Crippen molar-refractivity contribution in [1.82, 2.24) is 4.98 Å². The molecule has 0 saturated heterocycles. The number of amides is 1. The van der Waals surface area contributed by atoms with Gasteiger partial charge in [-0.2, -0.15) is 5.26 Å². The highest BCUT2D eigenvalue weighted by Gasteiger charge is 2.10. The zero-order valence-corrected chi connectivity index (χ0v) is 10.0. The van der Waals surface area contributed by atoms with Gasteiger partial charge in [-0.05, 0) is 18.2 Å². The maximum absolute atomic E-state index is 11.8. The van der Waals surface area contributed by atoms with Crippen molar-refractivity contribution in [2.45, 2.75) is 0 Å². The molecule has 0 aliphatic heterocycles. The van der Waals surface area contributed by atoms with E-state index in [1.807, 2.05) is 6.07 Å². The van der Waals surface area contributed by atoms with Crippen LogP contribution in [0.1, 0.15) is 15.2 Å². The van der Waals surface area contributed by atoms with Crippen LogP contribution in [0.25, 0.3) is 0 Å². The summed E-state index contributed by atoms with van der Waals surface area (Å²) in [4.78, 5) is 16.1. The normalized spacial score (nSPS) is 9.65. The van der Waals surface area contributed by atoms with Crippen LogP contribution in [-0.2, 0) is 0 Å². The number of nitriles is 1. The smallest absolute Gasteiger partial charge is 0.267 e. The molecule has 1 heterocycles. The van der Waals surface area contributed by atoms with Crippen LogP contribution in [0, 0.1) is 11.3 Å². The summed E-state index contributed by atoms with van der Waals surface area (Å²) in [7, 11) is 0. The minimum absolute atomic E-state index is 0.300. The largest absolute Gasteiger partial charge is 0.320 e. The number of anilines is 1. The van der Waals surface area contributed by atoms with Crippen LogP contribution in [0.15, 0.2) is 29.9 Å². The number of hydrogen-bond acceptors (Lipinski definition) is 4. The van der Waals surface area contributed by atoms with E-state index in [4.69, 9.17) is 16.9 Å². The van der Waals surface area contributed by atoms with Gasteiger partial charge in [0, 0.05) is 5.02 Å². The molecule has 6 heteroatoms. The standard InChI is InChI=1S/C11H6ClN3OS/c12-8-2-1-7(4-13)9(3-8)15-11(16)10-5-14-6-17-10/h1-3,5-6H,(H,15,16). The van der Waals surface area contributed by atoms with Gasteiger partial charge in [0.05, 0.1) is 23.0 Å². The van der Waals surface area contributed by atoms with Crippen LogP contribution in [0.2, 0.25) is 5.02 Å². The maximum atomic E-state index is 11.8. The number of benzene rings is 1. The Morgan fingerprint density at radius 3 is 3.00 bits per heavy atom. The second kappa shape index (κ2) is 4.95. The molecule has 0 spiro atoms. The first-order chi connectivity index (χ1) is 8.20. The molecule has 2 rings (SSSR count). The van der Waals surface area contributed by atoms with Gasteiger partial charge >= 0.3 is 0 Å². The van der Waals surface area contributed by atoms with Gasteiger partial charge < -0.3 is 5.32 Å². The fourth-order valence-electron chi connectivity index (χ4n) is 1.23. The second-order valence-electron chi connectivity index (χ2n) is 3.12. The summed E-state index contributed by atoms with van der Waals surface area (Å²) in [5.74, 6) is -0.300. The van der Waals surface area contributed by atoms with E-state index in [2.05, 4.69) is 10.3 Å². The van der Waals surface area contributed by atoms with E-state index in [1.54, 1.807) is 23.7 Å². The molecule has 0 atom stereocenters. The summed E-state index contributed by atoms with van der Waals surface area (Å²) in [6.45, 7) is 0. The predicted molar refractivity (Wildman–Crippen MR) is 66.2 cm³/mol. The minimum atomic E-state index is -0.300. The van der Waals surface area contributed by atoms with Gasteiger partial charge in [-0.3, -0.25) is 9.78 Å². The molecule has 1 aromatic heterocycles. The third kappa shape index (κ3) is 2.61. The SMILES string of the molecule is N#Cc1ccc(Cl)cc1NC(=O)c1cncs1. The summed E-state index contributed by atoms with van der Waals surface area (Å²) >= 11 is 7.04. The van der Waals surface area contributed by atoms with Gasteiger partial charge in [-0.15, -0.1) is 11.3 Å². The molecule has 1 N–H and O–H groups in total. The Morgan fingerprint density at radius 1 is 1.53 bits per heavy atom. The average molecular weight is 264 g/mol. The van der Waals surface area contributed by atoms with Gasteiger partial charge in [0.15, 0.2) is 0 Å². The van der Waals surface area contributed by atoms with E-state index >= 15 is 0 Å². The van der Waals surface area contributed by atoms with E-state index < -0.39 is 0 Å². The number of thiazole rings is 1. The summed E-state index contributed by atoms with van der Waals surface area (Å²) in [5, 5.41) is 12.0. The number of carbonyl (C=O) groups excluding carboxylic acids is 1. The molecule has 17 heavy (non-hydrogen) atoms. The second-order valence-corrected chi connectivity index (χ2v) is 4.44. The number of aromatic nitrogens is 1. The number of carbonyl (C=O) groups is 1. The van der Waals surface area contributed by atoms with Crippen LogP contribution >= 0.6 is 22.9 Å². The number of halogens is 1. The first kappa shape index (κ1) is 11.6. The van der Waals surface area contributed by atoms with Crippen molar-refractivity contribution < 1.29 is 4.79 Å². The minimum Gasteiger partial charge on any atom is -0.320 e. The van der Waals surface area contributed by atoms with E-state index in [0.29, 0.717) is 21.2 Å². The Morgan fingerprint density at radius 2 is 2.35 bits per heavy atom. The van der Waals surface area contributed by atoms with Gasteiger partial charge in [0.25, 0.3) is 5.91 Å². The number of hydrogen-bond donors (Lipinski definition) is 1. The van der Waals surface area contributed by atoms with E-state index in [-0.39, 0.29) is 5.91 Å². The van der Waals surface area contributed by atoms with Gasteiger partial charge in [-0.1, -0.05) is 11.6 Å². The highest BCUT2D eigenvalue weighted by Crippen LogP contribution is 2.21. The maximum Gasteiger partial charge on any atom is 0.267 e. The molecular weight excluding hydrogens is 258 g/mol. The lowest BCUT2D eigenvalue weighted by Crippen LogP contribution is -2.11. The third-order valence-electron chi connectivity index (χ3n) is 2.01. The Bertz CT molecular complexity index is 589. The number of nitrogens with one attached hydrogen (secondary N) is 1. The van der Waals surface area contributed by atoms with E-state index in [1.165, 1.54) is 17.5 Å². The van der Waals surface area contributed by atoms with Crippen molar-refractivity contribution in [3.8, 4) is 6.07 Å². The predicted octanol–water partition coefficient (Wildman–Crippen LogP) is 2.92. The van der Waals surface area contributed by atoms with Crippen molar-refractivity contribution >= 4 is 34.5 Å². The van der Waals surface area contributed by atoms with Crippen LogP contribution in [0.3, 0.4) is 0 Å². The molecule has 1 amide bonds. The molecule has 1 aromatic carbocycles. The summed E-state index contributed by atoms with van der Waals surface area (Å²) < 4.78 is 0. The monoisotopic (exact) mass is 263 g/mol. The van der Waals surface area contributed by atoms with Crippen LogP contribution < -0.4 is 5.32 Å². The Labute approximate surface area is 106 Å². The fourth-order valence-corrected chi connectivity index (χ4v) is 1.92. The topological polar surface area (TPSA) is 65.8 Å². The molecule has 0 bridgehead atoms. The zero-order valence-electron chi connectivity index (χ0n) is 8.48. The van der Waals surface area contributed by atoms with Gasteiger partial charge in [0.2, 0.25) is 0 Å². The molecule has 0 aliphatic rings. The summed E-state index contributed by atoms with van der Waals surface area (Å²) in [5.41, 5.74) is 2.34. The molecule has 84 valence electrons. The van der Waals surface area contributed by atoms with E-state index in [9.17, 15) is 4.79 Å². The first-order valence-electron chi connectivity index (χ1n) is 4.60. The summed E-state index contributed by atoms with van der Waals surface area (Å²) in [6.07, 6.45) is 1.47. The molecule has 0 fully saturated rings. The van der Waals surface area contributed by atoms with Crippen LogP contribution in [0.5, 0.6) is 0 Å². The Balaban J connectivity index is 2.27. The number of nitrogens with zero attached hydrogens (tertiary/aromatic N) is 2. The zero-order chi connectivity index (χ0) is 12.3. The quantitative estimate of drug-likeness (QED) is 0.906. The van der Waals surface area contributed by atoms with Crippen LogP contribution in [-0.4, -0.2) is 10.9 Å². The van der Waals surface area contributed by atoms with Crippen LogP contribution in [0.4, 0.5) is 5.69 Å². The molecule has 4 nitrogen and oxygen atoms in total. The van der Waals surface area contributed by atoms with E-state index in [0.717, 1.165) is 0 Å². The van der Waals surface area contributed by atoms with Crippen molar-refractivity contribution in [2.24, 2.45) is 0 Å². The lowest BCUT2D eigenvalue weighted by atomic mass is 10.2. The average Bonchev–Trinajstić information content (AvgIpc) is 2.83. The Kier molecular flexibility index (Phi) is 3.38. The highest BCUT2D eigenvalue weighted by molar-refractivity contribution is 7.11. The lowest BCUT2D eigenvalue weighted by molar-refractivity contribution is 0.103. The van der Waals surface area contributed by atoms with Crippen molar-refractivity contribution in [2.75, 3.05) is 5.32 Å². The molecular formula is C11H6ClN3OS. The summed E-state index contributed by atoms with van der Waals surface area (Å²) in [6, 6.07) is 6.69. The molecule has 0 unspecified atom stereocenters. The van der Waals surface area contributed by atoms with Gasteiger partial charge in [-0.25, -0.2) is 0 Å². The third-order valence-corrected chi connectivity index (χ3v) is 3.01. The molecule has 0 saturated carbocycles. The van der Waals surface area contributed by atoms with Gasteiger partial charge in [0.1, 0.15) is 10.9 Å². The Hall–Kier alpha value is -1.90. The molecule has 2 aromatic rings. The molecule has 0 aliphatic carbocycles. The van der Waals surface area contributed by atoms with Crippen molar-refractivity contribution in [3.63, 3.8) is 0 Å². The fraction of sp³-hybridized carbons (Fsp3) is 0. The lowest BCUT2D eigenvalue weighted by Gasteiger charge is -2.05. The van der Waals surface area contributed by atoms with Crippen molar-refractivity contribution in [3.05, 3.63) is 45.4 Å².